The van der Waals surface area contributed by atoms with E-state index in [9.17, 15) is 19.8 Å². The highest BCUT2D eigenvalue weighted by Crippen LogP contribution is 2.28. The summed E-state index contributed by atoms with van der Waals surface area (Å²) >= 11 is 0. The number of anilines is 2. The number of aromatic nitrogens is 12. The fourth-order valence-corrected chi connectivity index (χ4v) is 7.09. The van der Waals surface area contributed by atoms with Gasteiger partial charge in [-0.1, -0.05) is 36.4 Å². The molecule has 8 aromatic rings. The lowest BCUT2D eigenvalue weighted by molar-refractivity contribution is 0.0683. The molecule has 8 heterocycles. The summed E-state index contributed by atoms with van der Waals surface area (Å²) < 4.78 is 6.78. The molecule has 6 N–H and O–H groups in total. The molecule has 2 atom stereocenters. The minimum atomic E-state index is -1.13. The molecule has 2 aliphatic heterocycles. The summed E-state index contributed by atoms with van der Waals surface area (Å²) in [6.45, 7) is 2.26. The topological polar surface area (TPSA) is 261 Å². The van der Waals surface area contributed by atoms with Crippen LogP contribution in [0.25, 0.3) is 22.7 Å². The minimum Gasteiger partial charge on any atom is -0.475 e. The zero-order valence-corrected chi connectivity index (χ0v) is 32.7. The van der Waals surface area contributed by atoms with E-state index < -0.39 is 23.0 Å². The second-order valence-electron chi connectivity index (χ2n) is 14.6. The molecule has 1 unspecified atom stereocenters. The maximum absolute atomic E-state index is 12.8. The van der Waals surface area contributed by atoms with E-state index in [2.05, 4.69) is 50.3 Å². The lowest BCUT2D eigenvalue weighted by Gasteiger charge is -2.28. The number of nitrogens with one attached hydrogen (secondary N) is 1. The lowest BCUT2D eigenvalue weighted by atomic mass is 10.00. The van der Waals surface area contributed by atoms with Crippen LogP contribution in [0, 0.1) is 0 Å². The summed E-state index contributed by atoms with van der Waals surface area (Å²) in [6.07, 6.45) is 18.6. The SMILES string of the molecule is NC1(CO)CCN(c2nccn3ccnc23)C1.O=C(N[C@@]1(CO)CCN(c2nccn3ccnc23)C1)c1ncn(-c2ccccc2)n1.O=C(O)c1ncn(-c2ccccc2)n1. The number of carbonyl (C=O) groups excluding carboxylic acids is 1. The molecule has 2 saturated heterocycles. The van der Waals surface area contributed by atoms with Crippen molar-refractivity contribution >= 4 is 34.8 Å². The molecule has 2 fully saturated rings. The van der Waals surface area contributed by atoms with Gasteiger partial charge in [0.2, 0.25) is 5.82 Å². The first-order valence-corrected chi connectivity index (χ1v) is 19.2. The third-order valence-electron chi connectivity index (χ3n) is 10.3. The summed E-state index contributed by atoms with van der Waals surface area (Å²) in [5.74, 6) is -0.142. The molecular weight excluding hydrogens is 785 g/mol. The molecular formula is C40H42N16O5. The molecule has 21 heteroatoms. The van der Waals surface area contributed by atoms with Gasteiger partial charge < -0.3 is 45.0 Å². The number of carbonyl (C=O) groups is 2. The number of benzene rings is 2. The van der Waals surface area contributed by atoms with Crippen molar-refractivity contribution in [1.82, 2.24) is 63.6 Å². The number of rotatable bonds is 9. The highest BCUT2D eigenvalue weighted by molar-refractivity contribution is 5.91. The van der Waals surface area contributed by atoms with E-state index in [-0.39, 0.29) is 24.9 Å². The van der Waals surface area contributed by atoms with Crippen molar-refractivity contribution in [2.24, 2.45) is 5.73 Å². The molecule has 0 aliphatic carbocycles. The zero-order valence-electron chi connectivity index (χ0n) is 32.7. The summed E-state index contributed by atoms with van der Waals surface area (Å²) in [4.78, 5) is 52.7. The Morgan fingerprint density at radius 1 is 0.639 bits per heavy atom. The Labute approximate surface area is 347 Å². The van der Waals surface area contributed by atoms with Gasteiger partial charge in [-0.3, -0.25) is 4.79 Å². The maximum atomic E-state index is 12.8. The van der Waals surface area contributed by atoms with Crippen LogP contribution in [0.4, 0.5) is 11.6 Å². The van der Waals surface area contributed by atoms with Crippen molar-refractivity contribution in [3.05, 3.63) is 135 Å². The summed E-state index contributed by atoms with van der Waals surface area (Å²) in [5.41, 5.74) is 7.90. The minimum absolute atomic E-state index is 0.00105. The smallest absolute Gasteiger partial charge is 0.375 e. The molecule has 0 radical (unpaired) electrons. The van der Waals surface area contributed by atoms with Gasteiger partial charge >= 0.3 is 5.97 Å². The van der Waals surface area contributed by atoms with E-state index in [1.165, 1.54) is 17.3 Å². The van der Waals surface area contributed by atoms with Crippen LogP contribution in [-0.4, -0.2) is 136 Å². The van der Waals surface area contributed by atoms with Gasteiger partial charge in [0, 0.05) is 75.8 Å². The first-order chi connectivity index (χ1) is 29.7. The van der Waals surface area contributed by atoms with E-state index in [0.29, 0.717) is 26.1 Å². The van der Waals surface area contributed by atoms with Crippen molar-refractivity contribution in [2.45, 2.75) is 23.9 Å². The molecule has 21 nitrogen and oxygen atoms in total. The van der Waals surface area contributed by atoms with E-state index in [0.717, 1.165) is 47.3 Å². The van der Waals surface area contributed by atoms with Crippen LogP contribution in [0.3, 0.4) is 0 Å². The van der Waals surface area contributed by atoms with E-state index in [1.54, 1.807) is 29.5 Å². The van der Waals surface area contributed by atoms with Crippen molar-refractivity contribution < 1.29 is 24.9 Å². The number of aliphatic hydroxyl groups excluding tert-OH is 2. The molecule has 10 rings (SSSR count). The first kappa shape index (κ1) is 40.2. The Hall–Kier alpha value is -7.62. The highest BCUT2D eigenvalue weighted by atomic mass is 16.4. The van der Waals surface area contributed by atoms with Crippen LogP contribution < -0.4 is 20.9 Å². The van der Waals surface area contributed by atoms with Gasteiger partial charge in [0.05, 0.1) is 35.7 Å². The summed E-state index contributed by atoms with van der Waals surface area (Å²) in [7, 11) is 0. The van der Waals surface area contributed by atoms with Crippen LogP contribution in [0.15, 0.2) is 123 Å². The van der Waals surface area contributed by atoms with Crippen LogP contribution in [0.2, 0.25) is 0 Å². The summed E-state index contributed by atoms with van der Waals surface area (Å²) in [6, 6.07) is 18.6. The molecule has 312 valence electrons. The Morgan fingerprint density at radius 3 is 1.62 bits per heavy atom. The average Bonchev–Trinajstić information content (AvgIpc) is 4.15. The van der Waals surface area contributed by atoms with E-state index in [1.807, 2.05) is 99.2 Å². The number of imidazole rings is 2. The largest absolute Gasteiger partial charge is 0.475 e. The van der Waals surface area contributed by atoms with Gasteiger partial charge in [0.25, 0.3) is 11.7 Å². The van der Waals surface area contributed by atoms with Gasteiger partial charge in [-0.05, 0) is 37.1 Å². The van der Waals surface area contributed by atoms with Crippen molar-refractivity contribution in [3.8, 4) is 11.4 Å². The van der Waals surface area contributed by atoms with E-state index >= 15 is 0 Å². The van der Waals surface area contributed by atoms with Gasteiger partial charge in [-0.15, -0.1) is 10.2 Å². The van der Waals surface area contributed by atoms with Gasteiger partial charge in [0.15, 0.2) is 22.9 Å². The number of carboxylic acids is 1. The number of aromatic carboxylic acids is 1. The third kappa shape index (κ3) is 8.73. The first-order valence-electron chi connectivity index (χ1n) is 19.2. The Balaban J connectivity index is 0.000000140. The number of carboxylic acid groups (broad SMARTS) is 1. The number of amides is 1. The van der Waals surface area contributed by atoms with Crippen LogP contribution in [-0.2, 0) is 0 Å². The molecule has 0 bridgehead atoms. The quantitative estimate of drug-likeness (QED) is 0.137. The molecule has 2 aliphatic rings. The van der Waals surface area contributed by atoms with Gasteiger partial charge in [-0.2, -0.15) is 0 Å². The zero-order chi connectivity index (χ0) is 42.4. The maximum Gasteiger partial charge on any atom is 0.375 e. The highest BCUT2D eigenvalue weighted by Gasteiger charge is 2.41. The fourth-order valence-electron chi connectivity index (χ4n) is 7.09. The van der Waals surface area contributed by atoms with E-state index in [4.69, 9.17) is 10.8 Å². The fraction of sp³-hybridized carbons (Fsp3) is 0.250. The van der Waals surface area contributed by atoms with Crippen LogP contribution in [0.1, 0.15) is 34.1 Å². The second-order valence-corrected chi connectivity index (χ2v) is 14.6. The third-order valence-corrected chi connectivity index (χ3v) is 10.3. The standard InChI is InChI=1S/C20H20N8O2.C11H15N5O.C9H7N3O2/c29-13-20(6-9-27(12-20)18-17-21-7-10-26(17)11-8-22-18)24-19(30)16-23-14-28(25-16)15-4-2-1-3-5-15;12-11(8-17)1-4-16(7-11)10-9-13-2-5-15(9)6-3-14-10;13-9(14)8-10-6-12(11-8)7-4-2-1-3-5-7/h1-5,7-8,10-11,14,29H,6,9,12-13H2,(H,24,30);2-3,5-6,17H,1,4,7-8,12H2;1-6H,(H,13,14)/t20-;;/m0../s1. The monoisotopic (exact) mass is 826 g/mol. The average molecular weight is 827 g/mol. The van der Waals surface area contributed by atoms with Crippen molar-refractivity contribution in [3.63, 3.8) is 0 Å². The normalized spacial score (nSPS) is 18.4. The number of para-hydroxylation sites is 2. The van der Waals surface area contributed by atoms with Crippen LogP contribution in [0.5, 0.6) is 0 Å². The molecule has 0 saturated carbocycles. The second kappa shape index (κ2) is 17.3. The number of fused-ring (bicyclic) bond motifs is 2. The molecule has 2 aromatic carbocycles. The van der Waals surface area contributed by atoms with Crippen LogP contribution >= 0.6 is 0 Å². The molecule has 1 amide bonds. The Kier molecular flexibility index (Phi) is 11.4. The molecule has 61 heavy (non-hydrogen) atoms. The van der Waals surface area contributed by atoms with Gasteiger partial charge in [0.1, 0.15) is 12.7 Å². The number of hydrogen-bond acceptors (Lipinski definition) is 15. The lowest BCUT2D eigenvalue weighted by Crippen LogP contribution is -2.53. The number of aliphatic hydroxyl groups is 2. The molecule has 6 aromatic heterocycles. The Morgan fingerprint density at radius 2 is 1.13 bits per heavy atom. The van der Waals surface area contributed by atoms with Crippen molar-refractivity contribution in [1.29, 1.82) is 0 Å². The number of nitrogens with zero attached hydrogens (tertiary/aromatic N) is 14. The Bertz CT molecular complexity index is 2740. The summed E-state index contributed by atoms with van der Waals surface area (Å²) in [5, 5.41) is 39.0. The predicted octanol–water partition coefficient (Wildman–Crippen LogP) is 1.28. The number of hydrogen-bond donors (Lipinski definition) is 5. The number of nitrogens with two attached hydrogens (primary N) is 1. The molecule has 0 spiro atoms. The predicted molar refractivity (Wildman–Crippen MR) is 221 cm³/mol. The van der Waals surface area contributed by atoms with Gasteiger partial charge in [-0.25, -0.2) is 44.1 Å². The van der Waals surface area contributed by atoms with Crippen molar-refractivity contribution in [2.75, 3.05) is 49.2 Å².